The molecule has 0 fully saturated rings. The van der Waals surface area contributed by atoms with E-state index in [1.165, 1.54) is 0 Å². The van der Waals surface area contributed by atoms with E-state index < -0.39 is 0 Å². The Labute approximate surface area is 88.9 Å². The minimum Gasteiger partial charge on any atom is -0.383 e. The van der Waals surface area contributed by atoms with Gasteiger partial charge in [0.25, 0.3) is 0 Å². The summed E-state index contributed by atoms with van der Waals surface area (Å²) in [5, 5.41) is 0. The Morgan fingerprint density at radius 1 is 1.23 bits per heavy atom. The fraction of sp³-hybridized carbons (Fsp3) is 0.333. The van der Waals surface area contributed by atoms with Crippen molar-refractivity contribution >= 4 is 36.6 Å². The van der Waals surface area contributed by atoms with Crippen LogP contribution in [0.4, 0.5) is 11.8 Å². The summed E-state index contributed by atoms with van der Waals surface area (Å²) in [6.45, 7) is 0.539. The molecular formula is C6H13Cl2N5. The standard InChI is InChI=1S/C6H11N5.2ClH/c7-2-1-4-3-10-6(9)11-5(4)8;;/h3H,1-2,7H2,(H4,8,9,10,11);2*1H. The van der Waals surface area contributed by atoms with Gasteiger partial charge in [-0.15, -0.1) is 24.8 Å². The van der Waals surface area contributed by atoms with Crippen molar-refractivity contribution in [3.63, 3.8) is 0 Å². The average Bonchev–Trinajstić information content (AvgIpc) is 1.95. The normalized spacial score (nSPS) is 8.38. The molecule has 6 N–H and O–H groups in total. The van der Waals surface area contributed by atoms with Crippen LogP contribution in [0.3, 0.4) is 0 Å². The molecule has 0 radical (unpaired) electrons. The smallest absolute Gasteiger partial charge is 0.221 e. The first-order valence-electron chi connectivity index (χ1n) is 3.31. The lowest BCUT2D eigenvalue weighted by Crippen LogP contribution is -2.08. The van der Waals surface area contributed by atoms with Crippen molar-refractivity contribution in [2.24, 2.45) is 5.73 Å². The molecule has 76 valence electrons. The minimum absolute atomic E-state index is 0. The van der Waals surface area contributed by atoms with E-state index >= 15 is 0 Å². The maximum atomic E-state index is 5.52. The molecule has 1 aromatic heterocycles. The zero-order valence-electron chi connectivity index (χ0n) is 6.93. The molecular weight excluding hydrogens is 213 g/mol. The van der Waals surface area contributed by atoms with Gasteiger partial charge in [-0.3, -0.25) is 0 Å². The first-order chi connectivity index (χ1) is 5.24. The Morgan fingerprint density at radius 2 is 1.85 bits per heavy atom. The Bertz CT molecular complexity index is 255. The minimum atomic E-state index is 0. The Hall–Kier alpha value is -0.780. The third kappa shape index (κ3) is 4.12. The fourth-order valence-electron chi connectivity index (χ4n) is 0.782. The number of nitrogen functional groups attached to an aromatic ring is 2. The van der Waals surface area contributed by atoms with Crippen molar-refractivity contribution in [3.05, 3.63) is 11.8 Å². The van der Waals surface area contributed by atoms with Crippen LogP contribution in [0.15, 0.2) is 6.20 Å². The zero-order chi connectivity index (χ0) is 8.27. The fourth-order valence-corrected chi connectivity index (χ4v) is 0.782. The second kappa shape index (κ2) is 6.71. The van der Waals surface area contributed by atoms with Crippen molar-refractivity contribution in [1.29, 1.82) is 0 Å². The zero-order valence-corrected chi connectivity index (χ0v) is 8.57. The average molecular weight is 226 g/mol. The van der Waals surface area contributed by atoms with Gasteiger partial charge in [-0.05, 0) is 13.0 Å². The summed E-state index contributed by atoms with van der Waals surface area (Å²) in [6.07, 6.45) is 2.29. The molecule has 1 rings (SSSR count). The highest BCUT2D eigenvalue weighted by molar-refractivity contribution is 5.85. The van der Waals surface area contributed by atoms with Crippen molar-refractivity contribution in [2.45, 2.75) is 6.42 Å². The number of nitrogens with two attached hydrogens (primary N) is 3. The van der Waals surface area contributed by atoms with E-state index in [9.17, 15) is 0 Å². The van der Waals surface area contributed by atoms with Gasteiger partial charge in [0.15, 0.2) is 0 Å². The SMILES string of the molecule is Cl.Cl.NCCc1cnc(N)nc1N. The van der Waals surface area contributed by atoms with Crippen LogP contribution in [-0.2, 0) is 6.42 Å². The predicted octanol–water partition coefficient (Wildman–Crippen LogP) is -0.0142. The predicted molar refractivity (Wildman–Crippen MR) is 58.1 cm³/mol. The van der Waals surface area contributed by atoms with Crippen molar-refractivity contribution in [3.8, 4) is 0 Å². The highest BCUT2D eigenvalue weighted by atomic mass is 35.5. The van der Waals surface area contributed by atoms with Crippen LogP contribution in [0.5, 0.6) is 0 Å². The van der Waals surface area contributed by atoms with Crippen LogP contribution >= 0.6 is 24.8 Å². The second-order valence-electron chi connectivity index (χ2n) is 2.18. The summed E-state index contributed by atoms with van der Waals surface area (Å²) in [6, 6.07) is 0. The largest absolute Gasteiger partial charge is 0.383 e. The van der Waals surface area contributed by atoms with E-state index in [2.05, 4.69) is 9.97 Å². The molecule has 0 aliphatic heterocycles. The van der Waals surface area contributed by atoms with E-state index in [1.807, 2.05) is 0 Å². The van der Waals surface area contributed by atoms with E-state index in [4.69, 9.17) is 17.2 Å². The molecule has 0 saturated carbocycles. The van der Waals surface area contributed by atoms with Gasteiger partial charge in [0.05, 0.1) is 0 Å². The highest BCUT2D eigenvalue weighted by Gasteiger charge is 1.99. The summed E-state index contributed by atoms with van der Waals surface area (Å²) in [5.74, 6) is 0.617. The van der Waals surface area contributed by atoms with Crippen LogP contribution in [0.1, 0.15) is 5.56 Å². The van der Waals surface area contributed by atoms with Gasteiger partial charge in [-0.1, -0.05) is 0 Å². The van der Waals surface area contributed by atoms with Crippen molar-refractivity contribution in [2.75, 3.05) is 18.0 Å². The Kier molecular flexibility index (Phi) is 7.60. The lowest BCUT2D eigenvalue weighted by molar-refractivity contribution is 0.949. The molecule has 7 heteroatoms. The summed E-state index contributed by atoms with van der Waals surface area (Å²) in [7, 11) is 0. The molecule has 0 aliphatic rings. The Balaban J connectivity index is 0. The maximum Gasteiger partial charge on any atom is 0.221 e. The molecule has 0 atom stereocenters. The molecule has 1 aromatic rings. The van der Waals surface area contributed by atoms with Crippen molar-refractivity contribution < 1.29 is 0 Å². The van der Waals surface area contributed by atoms with Gasteiger partial charge >= 0.3 is 0 Å². The monoisotopic (exact) mass is 225 g/mol. The second-order valence-corrected chi connectivity index (χ2v) is 2.18. The quantitative estimate of drug-likeness (QED) is 0.657. The van der Waals surface area contributed by atoms with E-state index in [1.54, 1.807) is 6.20 Å². The number of hydrogen-bond donors (Lipinski definition) is 3. The molecule has 0 spiro atoms. The van der Waals surface area contributed by atoms with Crippen molar-refractivity contribution in [1.82, 2.24) is 9.97 Å². The molecule has 5 nitrogen and oxygen atoms in total. The van der Waals surface area contributed by atoms with Crippen LogP contribution in [-0.4, -0.2) is 16.5 Å². The number of anilines is 2. The molecule has 0 aromatic carbocycles. The molecule has 1 heterocycles. The van der Waals surface area contributed by atoms with Gasteiger partial charge in [-0.2, -0.15) is 4.98 Å². The third-order valence-electron chi connectivity index (χ3n) is 1.33. The van der Waals surface area contributed by atoms with Crippen LogP contribution in [0, 0.1) is 0 Å². The third-order valence-corrected chi connectivity index (χ3v) is 1.33. The van der Waals surface area contributed by atoms with E-state index in [-0.39, 0.29) is 30.8 Å². The van der Waals surface area contributed by atoms with Gasteiger partial charge in [0.1, 0.15) is 5.82 Å². The van der Waals surface area contributed by atoms with E-state index in [0.717, 1.165) is 5.56 Å². The molecule has 0 saturated heterocycles. The number of hydrogen-bond acceptors (Lipinski definition) is 5. The maximum absolute atomic E-state index is 5.52. The Morgan fingerprint density at radius 3 is 2.31 bits per heavy atom. The lowest BCUT2D eigenvalue weighted by Gasteiger charge is -2.01. The molecule has 13 heavy (non-hydrogen) atoms. The van der Waals surface area contributed by atoms with Crippen LogP contribution in [0.25, 0.3) is 0 Å². The van der Waals surface area contributed by atoms with E-state index in [0.29, 0.717) is 18.8 Å². The number of aromatic nitrogens is 2. The summed E-state index contributed by atoms with van der Waals surface area (Å²) in [5.41, 5.74) is 17.0. The molecule has 0 amide bonds. The molecule has 0 bridgehead atoms. The van der Waals surface area contributed by atoms with Gasteiger partial charge < -0.3 is 17.2 Å². The van der Waals surface area contributed by atoms with Crippen LogP contribution in [0.2, 0.25) is 0 Å². The summed E-state index contributed by atoms with van der Waals surface area (Å²) in [4.78, 5) is 7.57. The van der Waals surface area contributed by atoms with Gasteiger partial charge in [0.2, 0.25) is 5.95 Å². The molecule has 0 aliphatic carbocycles. The van der Waals surface area contributed by atoms with Crippen LogP contribution < -0.4 is 17.2 Å². The first-order valence-corrected chi connectivity index (χ1v) is 3.31. The van der Waals surface area contributed by atoms with Gasteiger partial charge in [0, 0.05) is 11.8 Å². The summed E-state index contributed by atoms with van der Waals surface area (Å²) >= 11 is 0. The number of halogens is 2. The molecule has 0 unspecified atom stereocenters. The van der Waals surface area contributed by atoms with Gasteiger partial charge in [-0.25, -0.2) is 4.98 Å². The summed E-state index contributed by atoms with van der Waals surface area (Å²) < 4.78 is 0. The lowest BCUT2D eigenvalue weighted by atomic mass is 10.2. The number of rotatable bonds is 2. The first kappa shape index (κ1) is 14.7. The highest BCUT2D eigenvalue weighted by Crippen LogP contribution is 2.07. The topological polar surface area (TPSA) is 104 Å². The number of nitrogens with zero attached hydrogens (tertiary/aromatic N) is 2.